The Morgan fingerprint density at radius 1 is 1.00 bits per heavy atom. The van der Waals surface area contributed by atoms with Crippen LogP contribution in [-0.2, 0) is 0 Å². The van der Waals surface area contributed by atoms with Gasteiger partial charge in [-0.1, -0.05) is 41.9 Å². The van der Waals surface area contributed by atoms with Gasteiger partial charge in [-0.25, -0.2) is 4.98 Å². The van der Waals surface area contributed by atoms with E-state index in [-0.39, 0.29) is 6.04 Å². The van der Waals surface area contributed by atoms with Gasteiger partial charge in [-0.3, -0.25) is 5.10 Å². The molecule has 1 aromatic heterocycles. The molecule has 3 aromatic rings. The summed E-state index contributed by atoms with van der Waals surface area (Å²) in [5, 5.41) is 7.79. The molecule has 0 radical (unpaired) electrons. The Labute approximate surface area is 121 Å². The van der Waals surface area contributed by atoms with Crippen LogP contribution in [0.2, 0.25) is 5.02 Å². The zero-order valence-corrected chi connectivity index (χ0v) is 11.4. The number of aromatic amines is 1. The molecule has 0 aliphatic heterocycles. The Hall–Kier alpha value is -2.17. The Bertz CT molecular complexity index is 691. The van der Waals surface area contributed by atoms with Crippen molar-refractivity contribution in [1.82, 2.24) is 15.2 Å². The van der Waals surface area contributed by atoms with Gasteiger partial charge in [-0.05, 0) is 29.8 Å². The number of hydrogen-bond donors (Lipinski definition) is 2. The molecule has 4 nitrogen and oxygen atoms in total. The summed E-state index contributed by atoms with van der Waals surface area (Å²) in [5.74, 6) is 1.25. The molecule has 0 aliphatic carbocycles. The molecule has 20 heavy (non-hydrogen) atoms. The second-order valence-corrected chi connectivity index (χ2v) is 4.88. The van der Waals surface area contributed by atoms with Crippen molar-refractivity contribution < 1.29 is 0 Å². The van der Waals surface area contributed by atoms with E-state index in [0.717, 1.165) is 11.1 Å². The van der Waals surface area contributed by atoms with E-state index in [1.165, 1.54) is 0 Å². The highest BCUT2D eigenvalue weighted by Crippen LogP contribution is 2.21. The molecule has 0 saturated carbocycles. The maximum Gasteiger partial charge on any atom is 0.181 e. The van der Waals surface area contributed by atoms with Crippen molar-refractivity contribution in [1.29, 1.82) is 0 Å². The highest BCUT2D eigenvalue weighted by atomic mass is 35.5. The van der Waals surface area contributed by atoms with E-state index < -0.39 is 0 Å². The number of nitrogens with two attached hydrogens (primary N) is 1. The number of nitrogens with one attached hydrogen (secondary N) is 1. The average Bonchev–Trinajstić information content (AvgIpc) is 2.98. The predicted octanol–water partition coefficient (Wildman–Crippen LogP) is 3.17. The maximum absolute atomic E-state index is 6.18. The van der Waals surface area contributed by atoms with Gasteiger partial charge >= 0.3 is 0 Å². The number of rotatable bonds is 3. The summed E-state index contributed by atoms with van der Waals surface area (Å²) < 4.78 is 0. The fraction of sp³-hybridized carbons (Fsp3) is 0.0667. The van der Waals surface area contributed by atoms with Gasteiger partial charge in [0.15, 0.2) is 5.82 Å². The molecule has 0 unspecified atom stereocenters. The lowest BCUT2D eigenvalue weighted by Crippen LogP contribution is -2.13. The number of nitrogens with zero attached hydrogens (tertiary/aromatic N) is 2. The molecule has 0 saturated heterocycles. The molecular weight excluding hydrogens is 272 g/mol. The van der Waals surface area contributed by atoms with Crippen molar-refractivity contribution >= 4 is 11.6 Å². The molecule has 0 fully saturated rings. The Balaban J connectivity index is 1.89. The van der Waals surface area contributed by atoms with Crippen LogP contribution in [0.4, 0.5) is 0 Å². The minimum atomic E-state index is -0.315. The predicted molar refractivity (Wildman–Crippen MR) is 79.3 cm³/mol. The van der Waals surface area contributed by atoms with Crippen LogP contribution in [0.3, 0.4) is 0 Å². The number of halogens is 1. The van der Waals surface area contributed by atoms with Gasteiger partial charge < -0.3 is 5.73 Å². The molecule has 2 aromatic carbocycles. The Morgan fingerprint density at radius 3 is 2.40 bits per heavy atom. The van der Waals surface area contributed by atoms with Crippen LogP contribution >= 0.6 is 11.6 Å². The van der Waals surface area contributed by atoms with Gasteiger partial charge in [0, 0.05) is 10.6 Å². The molecular formula is C15H13ClN4. The van der Waals surface area contributed by atoms with Gasteiger partial charge in [0.2, 0.25) is 0 Å². The number of benzene rings is 2. The molecule has 0 amide bonds. The first-order valence-electron chi connectivity index (χ1n) is 6.23. The van der Waals surface area contributed by atoms with E-state index in [0.29, 0.717) is 16.7 Å². The van der Waals surface area contributed by atoms with Crippen LogP contribution in [0.5, 0.6) is 0 Å². The van der Waals surface area contributed by atoms with Crippen molar-refractivity contribution in [3.05, 3.63) is 71.0 Å². The monoisotopic (exact) mass is 284 g/mol. The fourth-order valence-electron chi connectivity index (χ4n) is 1.96. The summed E-state index contributed by atoms with van der Waals surface area (Å²) >= 11 is 5.87. The molecule has 0 aliphatic rings. The number of hydrogen-bond acceptors (Lipinski definition) is 3. The minimum Gasteiger partial charge on any atom is -0.318 e. The van der Waals surface area contributed by atoms with E-state index in [1.807, 2.05) is 54.6 Å². The number of aromatic nitrogens is 3. The van der Waals surface area contributed by atoms with Crippen LogP contribution in [0, 0.1) is 0 Å². The lowest BCUT2D eigenvalue weighted by Gasteiger charge is -2.07. The normalized spacial score (nSPS) is 12.3. The van der Waals surface area contributed by atoms with Crippen LogP contribution in [0.1, 0.15) is 17.4 Å². The Kier molecular flexibility index (Phi) is 3.50. The molecule has 1 heterocycles. The summed E-state index contributed by atoms with van der Waals surface area (Å²) in [7, 11) is 0. The van der Waals surface area contributed by atoms with Crippen molar-refractivity contribution in [2.24, 2.45) is 5.73 Å². The fourth-order valence-corrected chi connectivity index (χ4v) is 2.09. The average molecular weight is 285 g/mol. The maximum atomic E-state index is 6.18. The van der Waals surface area contributed by atoms with E-state index in [2.05, 4.69) is 15.2 Å². The van der Waals surface area contributed by atoms with Gasteiger partial charge in [-0.15, -0.1) is 0 Å². The molecule has 5 heteroatoms. The topological polar surface area (TPSA) is 67.6 Å². The number of H-pyrrole nitrogens is 1. The van der Waals surface area contributed by atoms with Crippen LogP contribution in [0.25, 0.3) is 11.4 Å². The van der Waals surface area contributed by atoms with Crippen LogP contribution < -0.4 is 5.73 Å². The Morgan fingerprint density at radius 2 is 1.70 bits per heavy atom. The lowest BCUT2D eigenvalue weighted by atomic mass is 10.1. The van der Waals surface area contributed by atoms with Crippen molar-refractivity contribution in [2.45, 2.75) is 6.04 Å². The van der Waals surface area contributed by atoms with E-state index in [9.17, 15) is 0 Å². The molecule has 0 bridgehead atoms. The van der Waals surface area contributed by atoms with Gasteiger partial charge in [-0.2, -0.15) is 5.10 Å². The quantitative estimate of drug-likeness (QED) is 0.776. The largest absolute Gasteiger partial charge is 0.318 e. The van der Waals surface area contributed by atoms with Crippen molar-refractivity contribution in [3.8, 4) is 11.4 Å². The van der Waals surface area contributed by atoms with Gasteiger partial charge in [0.05, 0.1) is 6.04 Å². The molecule has 1 atom stereocenters. The van der Waals surface area contributed by atoms with Crippen LogP contribution in [-0.4, -0.2) is 15.2 Å². The minimum absolute atomic E-state index is 0.315. The second-order valence-electron chi connectivity index (χ2n) is 4.44. The summed E-state index contributed by atoms with van der Waals surface area (Å²) in [6.45, 7) is 0. The third kappa shape index (κ3) is 2.57. The smallest absolute Gasteiger partial charge is 0.181 e. The third-order valence-electron chi connectivity index (χ3n) is 3.06. The van der Waals surface area contributed by atoms with E-state index in [4.69, 9.17) is 17.3 Å². The molecule has 0 spiro atoms. The molecule has 100 valence electrons. The van der Waals surface area contributed by atoms with E-state index >= 15 is 0 Å². The standard InChI is InChI=1S/C15H13ClN4/c16-12-8-6-11(7-9-12)14-18-15(20-19-14)13(17)10-4-2-1-3-5-10/h1-9,13H,17H2,(H,18,19,20)/t13-/m1/s1. The summed E-state index contributed by atoms with van der Waals surface area (Å²) in [6.07, 6.45) is 0. The first kappa shape index (κ1) is 12.8. The summed E-state index contributed by atoms with van der Waals surface area (Å²) in [5.41, 5.74) is 8.07. The van der Waals surface area contributed by atoms with Gasteiger partial charge in [0.25, 0.3) is 0 Å². The third-order valence-corrected chi connectivity index (χ3v) is 3.31. The molecule has 3 rings (SSSR count). The zero-order chi connectivity index (χ0) is 13.9. The zero-order valence-electron chi connectivity index (χ0n) is 10.6. The highest BCUT2D eigenvalue weighted by Gasteiger charge is 2.14. The van der Waals surface area contributed by atoms with E-state index in [1.54, 1.807) is 0 Å². The van der Waals surface area contributed by atoms with Crippen LogP contribution in [0.15, 0.2) is 54.6 Å². The lowest BCUT2D eigenvalue weighted by molar-refractivity contribution is 0.787. The second kappa shape index (κ2) is 5.45. The van der Waals surface area contributed by atoms with Crippen molar-refractivity contribution in [2.75, 3.05) is 0 Å². The van der Waals surface area contributed by atoms with Crippen molar-refractivity contribution in [3.63, 3.8) is 0 Å². The molecule has 3 N–H and O–H groups in total. The first-order valence-corrected chi connectivity index (χ1v) is 6.60. The summed E-state index contributed by atoms with van der Waals surface area (Å²) in [6, 6.07) is 16.8. The first-order chi connectivity index (χ1) is 9.74. The van der Waals surface area contributed by atoms with Gasteiger partial charge in [0.1, 0.15) is 5.82 Å². The SMILES string of the molecule is N[C@H](c1ccccc1)c1nc(-c2ccc(Cl)cc2)n[nH]1. The highest BCUT2D eigenvalue weighted by molar-refractivity contribution is 6.30. The summed E-state index contributed by atoms with van der Waals surface area (Å²) in [4.78, 5) is 4.45.